The number of nitrogens with zero attached hydrogens (tertiary/aromatic N) is 2. The molecule has 6 atom stereocenters. The summed E-state index contributed by atoms with van der Waals surface area (Å²) in [5.41, 5.74) is 0.164. The van der Waals surface area contributed by atoms with Crippen molar-refractivity contribution in [1.82, 2.24) is 9.80 Å². The van der Waals surface area contributed by atoms with E-state index in [4.69, 9.17) is 23.0 Å². The predicted octanol–water partition coefficient (Wildman–Crippen LogP) is 6.12. The largest absolute Gasteiger partial charge is 0.587 e. The number of aliphatic hydroxyl groups excluding tert-OH is 1. The number of benzene rings is 2. The molecule has 0 spiro atoms. The van der Waals surface area contributed by atoms with E-state index >= 15 is 0 Å². The van der Waals surface area contributed by atoms with Gasteiger partial charge in [-0.3, -0.25) is 9.32 Å². The van der Waals surface area contributed by atoms with Crippen LogP contribution in [0.15, 0.2) is 109 Å². The van der Waals surface area contributed by atoms with Crippen LogP contribution in [0.4, 0.5) is 4.79 Å². The van der Waals surface area contributed by atoms with E-state index in [1.54, 1.807) is 84.6 Å². The lowest BCUT2D eigenvalue weighted by molar-refractivity contribution is -0.164. The van der Waals surface area contributed by atoms with Crippen molar-refractivity contribution in [3.63, 3.8) is 0 Å². The zero-order chi connectivity index (χ0) is 35.8. The summed E-state index contributed by atoms with van der Waals surface area (Å²) < 4.78 is 41.5. The smallest absolute Gasteiger partial charge is 0.457 e. The van der Waals surface area contributed by atoms with Crippen molar-refractivity contribution < 1.29 is 47.1 Å². The maximum Gasteiger partial charge on any atom is 0.587 e. The third-order valence-corrected chi connectivity index (χ3v) is 11.2. The number of likely N-dealkylation sites (tertiary alicyclic amines) is 1. The molecule has 3 aliphatic heterocycles. The molecule has 50 heavy (non-hydrogen) atoms. The van der Waals surface area contributed by atoms with Crippen LogP contribution in [0.2, 0.25) is 0 Å². The zero-order valence-corrected chi connectivity index (χ0v) is 29.6. The molecule has 0 bridgehead atoms. The first kappa shape index (κ1) is 37.0. The Morgan fingerprint density at radius 3 is 2.18 bits per heavy atom. The van der Waals surface area contributed by atoms with E-state index in [1.807, 2.05) is 6.92 Å². The quantitative estimate of drug-likeness (QED) is 0.0927. The highest BCUT2D eigenvalue weighted by molar-refractivity contribution is 8.03. The minimum atomic E-state index is -4.14. The van der Waals surface area contributed by atoms with E-state index < -0.39 is 37.9 Å². The van der Waals surface area contributed by atoms with Gasteiger partial charge >= 0.3 is 19.9 Å². The van der Waals surface area contributed by atoms with Crippen LogP contribution in [0, 0.1) is 11.8 Å². The van der Waals surface area contributed by atoms with Crippen molar-refractivity contribution in [1.29, 1.82) is 0 Å². The number of carbonyl (C=O) groups is 3. The number of thioether (sulfide) groups is 1. The number of rotatable bonds is 16. The molecule has 2 saturated heterocycles. The number of para-hydroxylation sites is 2. The molecule has 2 amide bonds. The van der Waals surface area contributed by atoms with Crippen molar-refractivity contribution in [2.75, 3.05) is 26.4 Å². The van der Waals surface area contributed by atoms with Gasteiger partial charge in [-0.1, -0.05) is 80.8 Å². The highest BCUT2D eigenvalue weighted by Crippen LogP contribution is 2.53. The number of amides is 2. The zero-order valence-electron chi connectivity index (χ0n) is 27.9. The second kappa shape index (κ2) is 16.6. The fourth-order valence-corrected chi connectivity index (χ4v) is 8.91. The maximum absolute atomic E-state index is 13.7. The second-order valence-electron chi connectivity index (χ2n) is 11.9. The highest BCUT2D eigenvalue weighted by Gasteiger charge is 2.60. The Morgan fingerprint density at radius 1 is 1.00 bits per heavy atom. The van der Waals surface area contributed by atoms with E-state index in [2.05, 4.69) is 13.2 Å². The fraction of sp³-hybridized carbons (Fsp3) is 0.361. The maximum atomic E-state index is 13.7. The topological polar surface area (TPSA) is 141 Å². The Kier molecular flexibility index (Phi) is 12.3. The molecule has 5 rings (SSSR count). The molecule has 3 aliphatic rings. The van der Waals surface area contributed by atoms with Crippen molar-refractivity contribution in [2.24, 2.45) is 11.8 Å². The van der Waals surface area contributed by atoms with Gasteiger partial charge in [0.2, 0.25) is 5.91 Å². The monoisotopic (exact) mass is 724 g/mol. The minimum Gasteiger partial charge on any atom is -0.457 e. The summed E-state index contributed by atoms with van der Waals surface area (Å²) in [6, 6.07) is 16.2. The van der Waals surface area contributed by atoms with Gasteiger partial charge in [-0.05, 0) is 37.6 Å². The van der Waals surface area contributed by atoms with Crippen molar-refractivity contribution in [3.8, 4) is 11.5 Å². The Hall–Kier alpha value is -4.29. The summed E-state index contributed by atoms with van der Waals surface area (Å²) in [6.07, 6.45) is 5.34. The third kappa shape index (κ3) is 8.35. The highest BCUT2D eigenvalue weighted by atomic mass is 32.2. The van der Waals surface area contributed by atoms with Crippen molar-refractivity contribution >= 4 is 37.6 Å². The van der Waals surface area contributed by atoms with Crippen LogP contribution in [0.25, 0.3) is 0 Å². The molecule has 0 saturated carbocycles. The van der Waals surface area contributed by atoms with E-state index in [0.29, 0.717) is 22.8 Å². The van der Waals surface area contributed by atoms with Gasteiger partial charge in [0.05, 0.1) is 30.7 Å². The SMILES string of the molecule is C=CCOC(=O)C1=C(S[C@H]2C[C@@H](/C=C/COP(=O)(Oc3ccccc3)Oc3ccccc3)N(C(=O)OCC=C)C2)[C@H](C)[C@@H]2[C@@H]([C@@H](C)O)C(=O)N12. The van der Waals surface area contributed by atoms with Gasteiger partial charge in [0.25, 0.3) is 0 Å². The molecule has 2 aromatic carbocycles. The minimum absolute atomic E-state index is 0.0183. The summed E-state index contributed by atoms with van der Waals surface area (Å²) in [5.74, 6) is -1.26. The number of ether oxygens (including phenoxy) is 2. The average molecular weight is 725 g/mol. The Labute approximate surface area is 296 Å². The number of β-lactam (4-membered cyclic amide) rings is 1. The number of hydrogen-bond donors (Lipinski definition) is 1. The number of aliphatic hydroxyl groups is 1. The van der Waals surface area contributed by atoms with E-state index in [-0.39, 0.29) is 55.2 Å². The Balaban J connectivity index is 1.33. The lowest BCUT2D eigenvalue weighted by Gasteiger charge is -2.46. The Bertz CT molecular complexity index is 1620. The van der Waals surface area contributed by atoms with Gasteiger partial charge in [0, 0.05) is 22.6 Å². The molecule has 12 nitrogen and oxygen atoms in total. The summed E-state index contributed by atoms with van der Waals surface area (Å²) >= 11 is 1.41. The van der Waals surface area contributed by atoms with Gasteiger partial charge < -0.3 is 33.4 Å². The first-order chi connectivity index (χ1) is 24.1. The summed E-state index contributed by atoms with van der Waals surface area (Å²) in [7, 11) is -4.14. The third-order valence-electron chi connectivity index (χ3n) is 8.40. The molecule has 0 aromatic heterocycles. The van der Waals surface area contributed by atoms with Crippen molar-refractivity contribution in [3.05, 3.63) is 109 Å². The average Bonchev–Trinajstić information content (AvgIpc) is 3.61. The van der Waals surface area contributed by atoms with Crippen LogP contribution < -0.4 is 9.05 Å². The number of phosphoric ester groups is 1. The van der Waals surface area contributed by atoms with Crippen LogP contribution in [0.5, 0.6) is 11.5 Å². The normalized spacial score (nSPS) is 23.7. The number of fused-ring (bicyclic) bond motifs is 1. The molecule has 0 radical (unpaired) electrons. The van der Waals surface area contributed by atoms with Gasteiger partial charge in [-0.25, -0.2) is 14.2 Å². The van der Waals surface area contributed by atoms with Gasteiger partial charge in [0.1, 0.15) is 30.4 Å². The lowest BCUT2D eigenvalue weighted by atomic mass is 9.79. The summed E-state index contributed by atoms with van der Waals surface area (Å²) in [6.45, 7) is 10.8. The summed E-state index contributed by atoms with van der Waals surface area (Å²) in [5, 5.41) is 10.1. The number of hydrogen-bond acceptors (Lipinski definition) is 11. The van der Waals surface area contributed by atoms with Gasteiger partial charge in [-0.2, -0.15) is 0 Å². The Morgan fingerprint density at radius 2 is 1.60 bits per heavy atom. The number of esters is 1. The molecule has 0 aliphatic carbocycles. The van der Waals surface area contributed by atoms with Crippen LogP contribution in [-0.2, 0) is 28.2 Å². The standard InChI is InChI=1S/C36H41N2O10PS/c1-5-19-44-35(41)32-33(24(3)31-30(25(4)39)34(40)38(31)32)50-29-22-26(37(23-29)36(42)45-20-6-2)14-13-21-46-49(43,47-27-15-9-7-10-16-27)48-28-17-11-8-12-18-28/h5-18,24-26,29-31,39H,1-2,19-23H2,3-4H3/b14-13+/t24-,25-,26-,29+,30-,31-/m1/s1. The number of carbonyl (C=O) groups excluding carboxylic acids is 3. The predicted molar refractivity (Wildman–Crippen MR) is 188 cm³/mol. The molecule has 2 fully saturated rings. The molecule has 3 heterocycles. The van der Waals surface area contributed by atoms with Crippen LogP contribution in [-0.4, -0.2) is 82.7 Å². The molecule has 2 aromatic rings. The van der Waals surface area contributed by atoms with Crippen LogP contribution in [0.1, 0.15) is 20.3 Å². The van der Waals surface area contributed by atoms with Gasteiger partial charge in [-0.15, -0.1) is 11.8 Å². The molecule has 0 unspecified atom stereocenters. The lowest BCUT2D eigenvalue weighted by Crippen LogP contribution is -2.63. The second-order valence-corrected chi connectivity index (χ2v) is 14.8. The molecule has 1 N–H and O–H groups in total. The van der Waals surface area contributed by atoms with E-state index in [0.717, 1.165) is 0 Å². The molecular formula is C36H41N2O10PS. The summed E-state index contributed by atoms with van der Waals surface area (Å²) in [4.78, 5) is 43.1. The molecule has 266 valence electrons. The van der Waals surface area contributed by atoms with E-state index in [9.17, 15) is 24.1 Å². The van der Waals surface area contributed by atoms with Gasteiger partial charge in [0.15, 0.2) is 0 Å². The molecule has 14 heteroatoms. The van der Waals surface area contributed by atoms with Crippen molar-refractivity contribution in [2.45, 2.75) is 43.7 Å². The number of phosphoric acid groups is 1. The molecular weight excluding hydrogens is 683 g/mol. The van der Waals surface area contributed by atoms with Crippen LogP contribution in [0.3, 0.4) is 0 Å². The van der Waals surface area contributed by atoms with Crippen LogP contribution >= 0.6 is 19.6 Å². The fourth-order valence-electron chi connectivity index (χ4n) is 6.21. The first-order valence-electron chi connectivity index (χ1n) is 16.2. The van der Waals surface area contributed by atoms with E-state index in [1.165, 1.54) is 28.8 Å². The first-order valence-corrected chi connectivity index (χ1v) is 18.6.